The van der Waals surface area contributed by atoms with Crippen LogP contribution in [0.4, 0.5) is 0 Å². The second-order valence-corrected chi connectivity index (χ2v) is 3.62. The minimum absolute atomic E-state index is 0.384. The third-order valence-corrected chi connectivity index (χ3v) is 2.24. The monoisotopic (exact) mass is 219 g/mol. The number of esters is 1. The van der Waals surface area contributed by atoms with Crippen LogP contribution >= 0.6 is 0 Å². The average molecular weight is 219 g/mol. The highest BCUT2D eigenvalue weighted by molar-refractivity contribution is 5.88. The quantitative estimate of drug-likeness (QED) is 0.731. The van der Waals surface area contributed by atoms with Gasteiger partial charge in [-0.15, -0.1) is 0 Å². The lowest BCUT2D eigenvalue weighted by Gasteiger charge is -2.03. The van der Waals surface area contributed by atoms with Crippen LogP contribution in [0.5, 0.6) is 0 Å². The lowest BCUT2D eigenvalue weighted by molar-refractivity contribution is 0.0593. The topological polar surface area (TPSA) is 39.2 Å². The number of rotatable bonds is 4. The highest BCUT2D eigenvalue weighted by atomic mass is 16.5. The molecule has 0 fully saturated rings. The summed E-state index contributed by atoms with van der Waals surface area (Å²) >= 11 is 0. The van der Waals surface area contributed by atoms with Crippen LogP contribution < -0.4 is 0 Å². The second kappa shape index (κ2) is 6.05. The molecule has 1 rings (SSSR count). The van der Waals surface area contributed by atoms with Crippen molar-refractivity contribution >= 4 is 12.0 Å². The Balaban J connectivity index is 2.86. The predicted molar refractivity (Wildman–Crippen MR) is 64.3 cm³/mol. The van der Waals surface area contributed by atoms with Crippen molar-refractivity contribution in [2.45, 2.75) is 26.7 Å². The van der Waals surface area contributed by atoms with E-state index in [9.17, 15) is 4.79 Å². The van der Waals surface area contributed by atoms with Crippen molar-refractivity contribution in [3.05, 3.63) is 35.2 Å². The van der Waals surface area contributed by atoms with Crippen LogP contribution in [-0.2, 0) is 4.74 Å². The largest absolute Gasteiger partial charge is 0.464 e. The Morgan fingerprint density at radius 3 is 2.88 bits per heavy atom. The molecule has 0 atom stereocenters. The molecule has 0 aromatic carbocycles. The molecule has 16 heavy (non-hydrogen) atoms. The zero-order valence-electron chi connectivity index (χ0n) is 9.99. The van der Waals surface area contributed by atoms with Crippen LogP contribution in [0.2, 0.25) is 0 Å². The van der Waals surface area contributed by atoms with Crippen molar-refractivity contribution in [1.82, 2.24) is 4.98 Å². The SMILES string of the molecule is CCC/C=C/c1cnc(C(=O)OC)c(C)c1. The third kappa shape index (κ3) is 3.19. The first-order valence-electron chi connectivity index (χ1n) is 5.40. The Morgan fingerprint density at radius 2 is 2.31 bits per heavy atom. The average Bonchev–Trinajstić information content (AvgIpc) is 2.29. The van der Waals surface area contributed by atoms with E-state index in [-0.39, 0.29) is 5.97 Å². The van der Waals surface area contributed by atoms with E-state index in [0.29, 0.717) is 5.69 Å². The molecule has 0 aliphatic heterocycles. The number of unbranched alkanes of at least 4 members (excludes halogenated alkanes) is 1. The van der Waals surface area contributed by atoms with Crippen molar-refractivity contribution < 1.29 is 9.53 Å². The van der Waals surface area contributed by atoms with Gasteiger partial charge in [-0.2, -0.15) is 0 Å². The number of aromatic nitrogens is 1. The number of hydrogen-bond acceptors (Lipinski definition) is 3. The molecule has 3 nitrogen and oxygen atoms in total. The van der Waals surface area contributed by atoms with Gasteiger partial charge in [0.15, 0.2) is 5.69 Å². The maximum Gasteiger partial charge on any atom is 0.356 e. The minimum atomic E-state index is -0.387. The van der Waals surface area contributed by atoms with Crippen molar-refractivity contribution in [3.8, 4) is 0 Å². The van der Waals surface area contributed by atoms with Crippen LogP contribution in [-0.4, -0.2) is 18.1 Å². The molecule has 1 aromatic heterocycles. The molecule has 0 saturated carbocycles. The molecule has 0 N–H and O–H groups in total. The molecule has 0 bridgehead atoms. The van der Waals surface area contributed by atoms with Crippen LogP contribution in [0.1, 0.15) is 41.4 Å². The first-order valence-corrected chi connectivity index (χ1v) is 5.40. The Morgan fingerprint density at radius 1 is 1.56 bits per heavy atom. The highest BCUT2D eigenvalue weighted by Crippen LogP contribution is 2.10. The molecule has 0 amide bonds. The fourth-order valence-electron chi connectivity index (χ4n) is 1.38. The van der Waals surface area contributed by atoms with Gasteiger partial charge in [0.25, 0.3) is 0 Å². The molecule has 1 heterocycles. The first-order chi connectivity index (χ1) is 7.69. The molecule has 0 saturated heterocycles. The van der Waals surface area contributed by atoms with Crippen molar-refractivity contribution in [2.24, 2.45) is 0 Å². The predicted octanol–water partition coefficient (Wildman–Crippen LogP) is 2.99. The lowest BCUT2D eigenvalue weighted by atomic mass is 10.1. The van der Waals surface area contributed by atoms with E-state index in [1.54, 1.807) is 6.20 Å². The maximum atomic E-state index is 11.3. The second-order valence-electron chi connectivity index (χ2n) is 3.62. The molecule has 0 unspecified atom stereocenters. The summed E-state index contributed by atoms with van der Waals surface area (Å²) in [5, 5.41) is 0. The Kier molecular flexibility index (Phi) is 4.70. The summed E-state index contributed by atoms with van der Waals surface area (Å²) in [5.74, 6) is -0.387. The smallest absolute Gasteiger partial charge is 0.356 e. The number of nitrogens with zero attached hydrogens (tertiary/aromatic N) is 1. The third-order valence-electron chi connectivity index (χ3n) is 2.24. The van der Waals surface area contributed by atoms with Gasteiger partial charge in [0.2, 0.25) is 0 Å². The van der Waals surface area contributed by atoms with E-state index in [1.807, 2.05) is 19.1 Å². The Bertz CT molecular complexity index is 397. The number of allylic oxidation sites excluding steroid dienone is 1. The van der Waals surface area contributed by atoms with Gasteiger partial charge >= 0.3 is 5.97 Å². The summed E-state index contributed by atoms with van der Waals surface area (Å²) < 4.78 is 4.64. The molecule has 0 spiro atoms. The number of aryl methyl sites for hydroxylation is 1. The number of carbonyl (C=O) groups excluding carboxylic acids is 1. The van der Waals surface area contributed by atoms with E-state index in [2.05, 4.69) is 22.7 Å². The molecule has 1 aromatic rings. The zero-order chi connectivity index (χ0) is 12.0. The van der Waals surface area contributed by atoms with Crippen LogP contribution in [0, 0.1) is 6.92 Å². The summed E-state index contributed by atoms with van der Waals surface area (Å²) in [7, 11) is 1.36. The Hall–Kier alpha value is -1.64. The summed E-state index contributed by atoms with van der Waals surface area (Å²) in [4.78, 5) is 15.4. The molecular formula is C13H17NO2. The number of methoxy groups -OCH3 is 1. The summed E-state index contributed by atoms with van der Waals surface area (Å²) in [6.07, 6.45) is 7.99. The van der Waals surface area contributed by atoms with Gasteiger partial charge in [0.05, 0.1) is 7.11 Å². The van der Waals surface area contributed by atoms with Gasteiger partial charge in [-0.3, -0.25) is 0 Å². The molecule has 0 aliphatic carbocycles. The molecule has 86 valence electrons. The van der Waals surface area contributed by atoms with Gasteiger partial charge in [-0.05, 0) is 30.5 Å². The van der Waals surface area contributed by atoms with Crippen LogP contribution in [0.15, 0.2) is 18.3 Å². The van der Waals surface area contributed by atoms with Crippen molar-refractivity contribution in [1.29, 1.82) is 0 Å². The van der Waals surface area contributed by atoms with E-state index in [0.717, 1.165) is 24.0 Å². The lowest BCUT2D eigenvalue weighted by Crippen LogP contribution is -2.06. The maximum absolute atomic E-state index is 11.3. The molecule has 0 radical (unpaired) electrons. The fourth-order valence-corrected chi connectivity index (χ4v) is 1.38. The number of pyridine rings is 1. The van der Waals surface area contributed by atoms with Gasteiger partial charge in [0, 0.05) is 6.20 Å². The van der Waals surface area contributed by atoms with E-state index < -0.39 is 0 Å². The number of carbonyl (C=O) groups is 1. The standard InChI is InChI=1S/C13H17NO2/c1-4-5-6-7-11-8-10(2)12(14-9-11)13(15)16-3/h6-9H,4-5H2,1-3H3/b7-6+. The van der Waals surface area contributed by atoms with Crippen LogP contribution in [0.25, 0.3) is 6.08 Å². The van der Waals surface area contributed by atoms with E-state index in [1.165, 1.54) is 7.11 Å². The van der Waals surface area contributed by atoms with Crippen molar-refractivity contribution in [2.75, 3.05) is 7.11 Å². The highest BCUT2D eigenvalue weighted by Gasteiger charge is 2.10. The molecule has 0 aliphatic rings. The Labute approximate surface area is 96.2 Å². The van der Waals surface area contributed by atoms with Gasteiger partial charge < -0.3 is 4.74 Å². The first kappa shape index (κ1) is 12.4. The number of hydrogen-bond donors (Lipinski definition) is 0. The van der Waals surface area contributed by atoms with Crippen molar-refractivity contribution in [3.63, 3.8) is 0 Å². The zero-order valence-corrected chi connectivity index (χ0v) is 9.99. The van der Waals surface area contributed by atoms with Gasteiger partial charge in [-0.25, -0.2) is 9.78 Å². The van der Waals surface area contributed by atoms with Gasteiger partial charge in [-0.1, -0.05) is 25.5 Å². The van der Waals surface area contributed by atoms with Crippen LogP contribution in [0.3, 0.4) is 0 Å². The summed E-state index contributed by atoms with van der Waals surface area (Å²) in [5.41, 5.74) is 2.24. The summed E-state index contributed by atoms with van der Waals surface area (Å²) in [6, 6.07) is 1.94. The molecule has 3 heteroatoms. The molecular weight excluding hydrogens is 202 g/mol. The fraction of sp³-hybridized carbons (Fsp3) is 0.385. The summed E-state index contributed by atoms with van der Waals surface area (Å²) in [6.45, 7) is 3.99. The van der Waals surface area contributed by atoms with Gasteiger partial charge in [0.1, 0.15) is 0 Å². The van der Waals surface area contributed by atoms with E-state index >= 15 is 0 Å². The minimum Gasteiger partial charge on any atom is -0.464 e. The normalized spacial score (nSPS) is 10.7. The van der Waals surface area contributed by atoms with E-state index in [4.69, 9.17) is 0 Å². The number of ether oxygens (including phenoxy) is 1.